The number of H-pyrrole nitrogens is 1. The highest BCUT2D eigenvalue weighted by Gasteiger charge is 2.13. The lowest BCUT2D eigenvalue weighted by Crippen LogP contribution is -2.08. The van der Waals surface area contributed by atoms with Crippen LogP contribution in [0.25, 0.3) is 22.0 Å². The minimum atomic E-state index is -0.667. The van der Waals surface area contributed by atoms with E-state index in [0.29, 0.717) is 16.9 Å². The first-order valence-electron chi connectivity index (χ1n) is 6.29. The van der Waals surface area contributed by atoms with E-state index >= 15 is 0 Å². The van der Waals surface area contributed by atoms with Crippen LogP contribution >= 0.6 is 0 Å². The van der Waals surface area contributed by atoms with Crippen molar-refractivity contribution < 1.29 is 14.2 Å². The maximum absolute atomic E-state index is 13.9. The number of methoxy groups -OCH3 is 1. The van der Waals surface area contributed by atoms with Gasteiger partial charge in [0.15, 0.2) is 5.43 Å². The van der Waals surface area contributed by atoms with Crippen molar-refractivity contribution in [3.63, 3.8) is 0 Å². The minimum absolute atomic E-state index is 0.0947. The summed E-state index contributed by atoms with van der Waals surface area (Å²) < 4.78 is 19.0. The highest BCUT2D eigenvalue weighted by atomic mass is 19.1. The molecule has 1 aromatic heterocycles. The van der Waals surface area contributed by atoms with Gasteiger partial charge in [0.2, 0.25) is 0 Å². The Morgan fingerprint density at radius 2 is 1.86 bits per heavy atom. The van der Waals surface area contributed by atoms with Gasteiger partial charge in [0.1, 0.15) is 17.3 Å². The monoisotopic (exact) mass is 285 g/mol. The van der Waals surface area contributed by atoms with E-state index < -0.39 is 11.2 Å². The fraction of sp³-hybridized carbons (Fsp3) is 0.0625. The summed E-state index contributed by atoms with van der Waals surface area (Å²) >= 11 is 0. The van der Waals surface area contributed by atoms with Gasteiger partial charge in [-0.1, -0.05) is 12.1 Å². The average molecular weight is 285 g/mol. The Hall–Kier alpha value is -2.82. The van der Waals surface area contributed by atoms with Gasteiger partial charge in [0.25, 0.3) is 0 Å². The third-order valence-electron chi connectivity index (χ3n) is 3.37. The molecule has 106 valence electrons. The van der Waals surface area contributed by atoms with E-state index in [1.807, 2.05) is 0 Å². The fourth-order valence-corrected chi connectivity index (χ4v) is 2.26. The molecule has 0 bridgehead atoms. The number of phenolic OH excluding ortho intramolecular Hbond substituents is 1. The van der Waals surface area contributed by atoms with Gasteiger partial charge < -0.3 is 14.8 Å². The molecule has 0 radical (unpaired) electrons. The first kappa shape index (κ1) is 13.2. The first-order chi connectivity index (χ1) is 10.1. The fourth-order valence-electron chi connectivity index (χ4n) is 2.26. The SMILES string of the molecule is COc1ccc(-c2c[nH]c3c(O)ccc(F)c3c2=O)cc1. The molecule has 0 saturated heterocycles. The Bertz CT molecular complexity index is 869. The maximum atomic E-state index is 13.9. The molecule has 0 unspecified atom stereocenters. The molecule has 0 aliphatic rings. The number of rotatable bonds is 2. The molecule has 0 aliphatic carbocycles. The third-order valence-corrected chi connectivity index (χ3v) is 3.37. The molecule has 3 aromatic rings. The van der Waals surface area contributed by atoms with Gasteiger partial charge in [-0.15, -0.1) is 0 Å². The van der Waals surface area contributed by atoms with Crippen LogP contribution in [0.1, 0.15) is 0 Å². The summed E-state index contributed by atoms with van der Waals surface area (Å²) in [6, 6.07) is 9.16. The number of nitrogens with one attached hydrogen (secondary N) is 1. The van der Waals surface area contributed by atoms with Crippen molar-refractivity contribution in [1.29, 1.82) is 0 Å². The molecule has 3 rings (SSSR count). The highest BCUT2D eigenvalue weighted by Crippen LogP contribution is 2.26. The molecule has 0 fully saturated rings. The number of aromatic amines is 1. The van der Waals surface area contributed by atoms with Crippen molar-refractivity contribution in [3.8, 4) is 22.6 Å². The van der Waals surface area contributed by atoms with Crippen LogP contribution in [0.3, 0.4) is 0 Å². The Labute approximate surface area is 119 Å². The van der Waals surface area contributed by atoms with Gasteiger partial charge in [-0.25, -0.2) is 4.39 Å². The summed E-state index contributed by atoms with van der Waals surface area (Å²) in [7, 11) is 1.55. The van der Waals surface area contributed by atoms with Crippen LogP contribution in [0.15, 0.2) is 47.4 Å². The van der Waals surface area contributed by atoms with Crippen molar-refractivity contribution in [2.24, 2.45) is 0 Å². The Balaban J connectivity index is 2.27. The summed E-state index contributed by atoms with van der Waals surface area (Å²) in [6.07, 6.45) is 1.46. The molecule has 4 nitrogen and oxygen atoms in total. The predicted octanol–water partition coefficient (Wildman–Crippen LogP) is 3.05. The predicted molar refractivity (Wildman–Crippen MR) is 78.2 cm³/mol. The van der Waals surface area contributed by atoms with E-state index in [0.717, 1.165) is 6.07 Å². The van der Waals surface area contributed by atoms with Crippen LogP contribution in [0.5, 0.6) is 11.5 Å². The van der Waals surface area contributed by atoms with Crippen molar-refractivity contribution in [1.82, 2.24) is 4.98 Å². The lowest BCUT2D eigenvalue weighted by Gasteiger charge is -2.06. The quantitative estimate of drug-likeness (QED) is 0.760. The lowest BCUT2D eigenvalue weighted by atomic mass is 10.0. The molecule has 0 amide bonds. The standard InChI is InChI=1S/C16H12FNO3/c1-21-10-4-2-9(3-5-10)11-8-18-15-13(19)7-6-12(17)14(15)16(11)20/h2-8,19H,1H3,(H,18,20). The molecule has 5 heteroatoms. The van der Waals surface area contributed by atoms with Crippen molar-refractivity contribution >= 4 is 10.9 Å². The van der Waals surface area contributed by atoms with E-state index in [2.05, 4.69) is 4.98 Å². The Kier molecular flexibility index (Phi) is 3.10. The molecule has 0 atom stereocenters. The normalized spacial score (nSPS) is 10.8. The second-order valence-electron chi connectivity index (χ2n) is 4.58. The van der Waals surface area contributed by atoms with Crippen molar-refractivity contribution in [2.75, 3.05) is 7.11 Å². The number of aromatic hydroxyl groups is 1. The maximum Gasteiger partial charge on any atom is 0.200 e. The smallest absolute Gasteiger partial charge is 0.200 e. The molecule has 0 spiro atoms. The van der Waals surface area contributed by atoms with Crippen LogP contribution in [0.4, 0.5) is 4.39 Å². The first-order valence-corrected chi connectivity index (χ1v) is 6.29. The average Bonchev–Trinajstić information content (AvgIpc) is 2.51. The summed E-state index contributed by atoms with van der Waals surface area (Å²) in [6.45, 7) is 0. The number of aromatic nitrogens is 1. The second-order valence-corrected chi connectivity index (χ2v) is 4.58. The number of hydrogen-bond acceptors (Lipinski definition) is 3. The summed E-state index contributed by atoms with van der Waals surface area (Å²) in [4.78, 5) is 15.2. The topological polar surface area (TPSA) is 62.3 Å². The summed E-state index contributed by atoms with van der Waals surface area (Å²) in [5.74, 6) is -0.163. The van der Waals surface area contributed by atoms with E-state index in [-0.39, 0.29) is 16.7 Å². The highest BCUT2D eigenvalue weighted by molar-refractivity contribution is 5.88. The minimum Gasteiger partial charge on any atom is -0.506 e. The zero-order chi connectivity index (χ0) is 15.0. The number of halogens is 1. The third kappa shape index (κ3) is 2.12. The molecule has 2 N–H and O–H groups in total. The number of fused-ring (bicyclic) bond motifs is 1. The summed E-state index contributed by atoms with van der Waals surface area (Å²) in [5, 5.41) is 9.55. The van der Waals surface area contributed by atoms with Crippen LogP contribution < -0.4 is 10.2 Å². The van der Waals surface area contributed by atoms with Gasteiger partial charge in [0.05, 0.1) is 18.0 Å². The molecule has 0 saturated carbocycles. The second kappa shape index (κ2) is 4.94. The van der Waals surface area contributed by atoms with Crippen LogP contribution in [0.2, 0.25) is 0 Å². The van der Waals surface area contributed by atoms with Gasteiger partial charge in [-0.05, 0) is 29.8 Å². The number of hydrogen-bond donors (Lipinski definition) is 2. The number of pyridine rings is 1. The lowest BCUT2D eigenvalue weighted by molar-refractivity contribution is 0.415. The molecule has 1 heterocycles. The van der Waals surface area contributed by atoms with Gasteiger partial charge in [-0.2, -0.15) is 0 Å². The van der Waals surface area contributed by atoms with Crippen LogP contribution in [-0.4, -0.2) is 17.2 Å². The number of ether oxygens (including phenoxy) is 1. The van der Waals surface area contributed by atoms with E-state index in [1.54, 1.807) is 31.4 Å². The molecule has 21 heavy (non-hydrogen) atoms. The van der Waals surface area contributed by atoms with Crippen LogP contribution in [-0.2, 0) is 0 Å². The Morgan fingerprint density at radius 1 is 1.14 bits per heavy atom. The zero-order valence-electron chi connectivity index (χ0n) is 11.2. The van der Waals surface area contributed by atoms with E-state index in [9.17, 15) is 14.3 Å². The largest absolute Gasteiger partial charge is 0.506 e. The molecule has 2 aromatic carbocycles. The van der Waals surface area contributed by atoms with Crippen molar-refractivity contribution in [3.05, 3.63) is 58.6 Å². The van der Waals surface area contributed by atoms with Gasteiger partial charge >= 0.3 is 0 Å². The number of phenols is 1. The van der Waals surface area contributed by atoms with E-state index in [1.165, 1.54) is 12.3 Å². The van der Waals surface area contributed by atoms with E-state index in [4.69, 9.17) is 4.74 Å². The summed E-state index contributed by atoms with van der Waals surface area (Å²) in [5.41, 5.74) is 0.593. The molecular weight excluding hydrogens is 273 g/mol. The zero-order valence-corrected chi connectivity index (χ0v) is 11.2. The molecular formula is C16H12FNO3. The van der Waals surface area contributed by atoms with Crippen molar-refractivity contribution in [2.45, 2.75) is 0 Å². The van der Waals surface area contributed by atoms with Crippen LogP contribution in [0, 0.1) is 5.82 Å². The molecule has 0 aliphatic heterocycles. The van der Waals surface area contributed by atoms with Gasteiger partial charge in [0, 0.05) is 11.8 Å². The van der Waals surface area contributed by atoms with Gasteiger partial charge in [-0.3, -0.25) is 4.79 Å². The Morgan fingerprint density at radius 3 is 2.52 bits per heavy atom. The number of benzene rings is 2.